The van der Waals surface area contributed by atoms with Gasteiger partial charge in [-0.3, -0.25) is 23.7 Å². The number of carboxylic acid groups (broad SMARTS) is 1. The number of aryl methyl sites for hydroxylation is 1. The first-order valence-corrected chi connectivity index (χ1v) is 7.94. The van der Waals surface area contributed by atoms with E-state index in [1.54, 1.807) is 0 Å². The van der Waals surface area contributed by atoms with Crippen LogP contribution in [0.2, 0.25) is 0 Å². The Morgan fingerprint density at radius 1 is 1.29 bits per heavy atom. The fourth-order valence-corrected chi connectivity index (χ4v) is 3.58. The molecule has 2 atom stereocenters. The van der Waals surface area contributed by atoms with Crippen LogP contribution >= 0.6 is 0 Å². The largest absolute Gasteiger partial charge is 0.480 e. The molecule has 0 unspecified atom stereocenters. The molecule has 0 radical (unpaired) electrons. The molecule has 0 saturated carbocycles. The van der Waals surface area contributed by atoms with E-state index in [1.807, 2.05) is 4.90 Å². The summed E-state index contributed by atoms with van der Waals surface area (Å²) in [6, 6.07) is 0. The Morgan fingerprint density at radius 2 is 1.92 bits per heavy atom. The van der Waals surface area contributed by atoms with Crippen molar-refractivity contribution in [3.63, 3.8) is 0 Å². The summed E-state index contributed by atoms with van der Waals surface area (Å²) in [6.07, 6.45) is 1.09. The number of H-pyrrole nitrogens is 1. The number of imidazole rings is 1. The molecule has 9 nitrogen and oxygen atoms in total. The van der Waals surface area contributed by atoms with Crippen LogP contribution in [0.25, 0.3) is 11.2 Å². The van der Waals surface area contributed by atoms with Crippen LogP contribution in [0.3, 0.4) is 0 Å². The zero-order valence-corrected chi connectivity index (χ0v) is 13.9. The third-order valence-electron chi connectivity index (χ3n) is 4.43. The standard InChI is InChI=1S/C15H21N5O4/c1-8-4-9(2)6-19(5-8)14-16-12-11(20(14)7-10(21)22)13(23)17-15(24)18(12)3/h8-9H,4-7H2,1-3H3,(H,21,22)(H,17,23,24)/t8-,9-/m1/s1. The maximum atomic E-state index is 12.2. The normalized spacial score (nSPS) is 21.4. The summed E-state index contributed by atoms with van der Waals surface area (Å²) in [5.74, 6) is 0.238. The van der Waals surface area contributed by atoms with Gasteiger partial charge in [0.15, 0.2) is 11.2 Å². The third kappa shape index (κ3) is 2.70. The van der Waals surface area contributed by atoms with Crippen LogP contribution < -0.4 is 16.1 Å². The Hall–Kier alpha value is -2.58. The number of aromatic amines is 1. The first-order chi connectivity index (χ1) is 11.3. The fourth-order valence-electron chi connectivity index (χ4n) is 3.58. The van der Waals surface area contributed by atoms with Gasteiger partial charge in [0, 0.05) is 20.1 Å². The van der Waals surface area contributed by atoms with Crippen LogP contribution in [0.15, 0.2) is 9.59 Å². The second kappa shape index (κ2) is 5.81. The number of rotatable bonds is 3. The van der Waals surface area contributed by atoms with Crippen molar-refractivity contribution in [3.8, 4) is 0 Å². The van der Waals surface area contributed by atoms with Crippen LogP contribution in [0, 0.1) is 11.8 Å². The molecule has 0 bridgehead atoms. The van der Waals surface area contributed by atoms with Crippen LogP contribution in [0.5, 0.6) is 0 Å². The topological polar surface area (TPSA) is 113 Å². The van der Waals surface area contributed by atoms with Crippen LogP contribution in [-0.4, -0.2) is 43.3 Å². The molecule has 2 N–H and O–H groups in total. The van der Waals surface area contributed by atoms with Crippen molar-refractivity contribution in [2.45, 2.75) is 26.8 Å². The number of fused-ring (bicyclic) bond motifs is 1. The highest BCUT2D eigenvalue weighted by Crippen LogP contribution is 2.27. The fraction of sp³-hybridized carbons (Fsp3) is 0.600. The van der Waals surface area contributed by atoms with Gasteiger partial charge in [0.25, 0.3) is 5.56 Å². The Morgan fingerprint density at radius 3 is 2.50 bits per heavy atom. The van der Waals surface area contributed by atoms with E-state index in [-0.39, 0.29) is 17.7 Å². The molecule has 0 aromatic carbocycles. The highest BCUT2D eigenvalue weighted by molar-refractivity contribution is 5.78. The molecule has 1 saturated heterocycles. The maximum absolute atomic E-state index is 12.2. The Balaban J connectivity index is 2.25. The van der Waals surface area contributed by atoms with Gasteiger partial charge in [-0.05, 0) is 18.3 Å². The van der Waals surface area contributed by atoms with Gasteiger partial charge in [0.1, 0.15) is 6.54 Å². The predicted molar refractivity (Wildman–Crippen MR) is 88.4 cm³/mol. The Bertz CT molecular complexity index is 899. The maximum Gasteiger partial charge on any atom is 0.329 e. The van der Waals surface area contributed by atoms with Gasteiger partial charge in [0.05, 0.1) is 0 Å². The zero-order chi connectivity index (χ0) is 17.6. The highest BCUT2D eigenvalue weighted by atomic mass is 16.4. The molecule has 2 aromatic heterocycles. The lowest BCUT2D eigenvalue weighted by molar-refractivity contribution is -0.137. The average Bonchev–Trinajstić information content (AvgIpc) is 2.83. The molecule has 3 rings (SSSR count). The van der Waals surface area contributed by atoms with E-state index in [1.165, 1.54) is 16.2 Å². The lowest BCUT2D eigenvalue weighted by Crippen LogP contribution is -2.40. The van der Waals surface area contributed by atoms with Gasteiger partial charge in [-0.15, -0.1) is 0 Å². The molecule has 24 heavy (non-hydrogen) atoms. The molecule has 3 heterocycles. The summed E-state index contributed by atoms with van der Waals surface area (Å²) >= 11 is 0. The number of carboxylic acids is 1. The molecule has 1 aliphatic rings. The quantitative estimate of drug-likeness (QED) is 0.816. The van der Waals surface area contributed by atoms with E-state index < -0.39 is 17.2 Å². The van der Waals surface area contributed by atoms with E-state index in [0.717, 1.165) is 19.5 Å². The second-order valence-electron chi connectivity index (χ2n) is 6.73. The summed E-state index contributed by atoms with van der Waals surface area (Å²) in [7, 11) is 1.50. The van der Waals surface area contributed by atoms with Gasteiger partial charge in [-0.25, -0.2) is 4.79 Å². The number of aliphatic carboxylic acids is 1. The second-order valence-corrected chi connectivity index (χ2v) is 6.73. The highest BCUT2D eigenvalue weighted by Gasteiger charge is 2.28. The predicted octanol–water partition coefficient (Wildman–Crippen LogP) is -0.00980. The summed E-state index contributed by atoms with van der Waals surface area (Å²) in [5.41, 5.74) is -0.878. The van der Waals surface area contributed by atoms with Gasteiger partial charge in [0.2, 0.25) is 5.95 Å². The van der Waals surface area contributed by atoms with Crippen molar-refractivity contribution in [3.05, 3.63) is 20.8 Å². The van der Waals surface area contributed by atoms with E-state index in [0.29, 0.717) is 17.8 Å². The number of nitrogens with one attached hydrogen (secondary N) is 1. The Labute approximate surface area is 137 Å². The minimum atomic E-state index is -1.07. The minimum Gasteiger partial charge on any atom is -0.480 e. The van der Waals surface area contributed by atoms with Gasteiger partial charge in [-0.1, -0.05) is 13.8 Å². The summed E-state index contributed by atoms with van der Waals surface area (Å²) in [6.45, 7) is 5.36. The molecular weight excluding hydrogens is 314 g/mol. The van der Waals surface area contributed by atoms with Gasteiger partial charge >= 0.3 is 11.7 Å². The molecule has 130 valence electrons. The molecule has 2 aromatic rings. The van der Waals surface area contributed by atoms with Crippen molar-refractivity contribution in [2.24, 2.45) is 18.9 Å². The molecule has 1 fully saturated rings. The SMILES string of the molecule is C[C@@H]1C[C@@H](C)CN(c2nc3c(c(=O)[nH]c(=O)n3C)n2CC(=O)O)C1. The molecule has 9 heteroatoms. The monoisotopic (exact) mass is 335 g/mol. The van der Waals surface area contributed by atoms with E-state index in [9.17, 15) is 19.5 Å². The number of hydrogen-bond acceptors (Lipinski definition) is 5. The number of piperidine rings is 1. The number of anilines is 1. The van der Waals surface area contributed by atoms with Crippen LogP contribution in [0.4, 0.5) is 5.95 Å². The molecule has 1 aliphatic heterocycles. The Kier molecular flexibility index (Phi) is 3.94. The zero-order valence-electron chi connectivity index (χ0n) is 13.9. The van der Waals surface area contributed by atoms with E-state index in [4.69, 9.17) is 0 Å². The summed E-state index contributed by atoms with van der Waals surface area (Å²) in [5, 5.41) is 9.24. The number of aromatic nitrogens is 4. The summed E-state index contributed by atoms with van der Waals surface area (Å²) in [4.78, 5) is 44.0. The number of carbonyl (C=O) groups is 1. The van der Waals surface area contributed by atoms with Gasteiger partial charge in [-0.2, -0.15) is 4.98 Å². The molecule has 0 aliphatic carbocycles. The summed E-state index contributed by atoms with van der Waals surface area (Å²) < 4.78 is 2.62. The molecule has 0 spiro atoms. The number of nitrogens with zero attached hydrogens (tertiary/aromatic N) is 4. The van der Waals surface area contributed by atoms with E-state index >= 15 is 0 Å². The molecular formula is C15H21N5O4. The smallest absolute Gasteiger partial charge is 0.329 e. The van der Waals surface area contributed by atoms with Gasteiger partial charge < -0.3 is 10.0 Å². The lowest BCUT2D eigenvalue weighted by atomic mass is 9.92. The third-order valence-corrected chi connectivity index (χ3v) is 4.43. The van der Waals surface area contributed by atoms with Crippen molar-refractivity contribution < 1.29 is 9.90 Å². The molecule has 0 amide bonds. The first kappa shape index (κ1) is 16.3. The van der Waals surface area contributed by atoms with Crippen molar-refractivity contribution >= 4 is 23.1 Å². The van der Waals surface area contributed by atoms with Crippen molar-refractivity contribution in [1.82, 2.24) is 19.1 Å². The average molecular weight is 335 g/mol. The van der Waals surface area contributed by atoms with E-state index in [2.05, 4.69) is 23.8 Å². The first-order valence-electron chi connectivity index (χ1n) is 7.94. The van der Waals surface area contributed by atoms with Crippen LogP contribution in [0.1, 0.15) is 20.3 Å². The minimum absolute atomic E-state index is 0.111. The van der Waals surface area contributed by atoms with Crippen LogP contribution in [-0.2, 0) is 18.4 Å². The van der Waals surface area contributed by atoms with Crippen molar-refractivity contribution in [2.75, 3.05) is 18.0 Å². The van der Waals surface area contributed by atoms with Crippen molar-refractivity contribution in [1.29, 1.82) is 0 Å². The lowest BCUT2D eigenvalue weighted by Gasteiger charge is -2.35. The number of hydrogen-bond donors (Lipinski definition) is 2.